The van der Waals surface area contributed by atoms with E-state index in [-0.39, 0.29) is 37.7 Å². The van der Waals surface area contributed by atoms with E-state index in [2.05, 4.69) is 4.98 Å². The number of esters is 1. The normalized spacial score (nSPS) is 13.8. The van der Waals surface area contributed by atoms with Gasteiger partial charge in [-0.15, -0.1) is 0 Å². The van der Waals surface area contributed by atoms with Gasteiger partial charge in [0.15, 0.2) is 0 Å². The van der Waals surface area contributed by atoms with Crippen LogP contribution in [-0.4, -0.2) is 50.1 Å². The number of rotatable bonds is 9. The Hall–Kier alpha value is -3.63. The number of hydrogen-bond acceptors (Lipinski definition) is 9. The van der Waals surface area contributed by atoms with Crippen LogP contribution in [0.3, 0.4) is 0 Å². The van der Waals surface area contributed by atoms with Crippen LogP contribution in [0.5, 0.6) is 0 Å². The van der Waals surface area contributed by atoms with Crippen molar-refractivity contribution in [3.63, 3.8) is 0 Å². The zero-order valence-corrected chi connectivity index (χ0v) is 19.4. The highest BCUT2D eigenvalue weighted by molar-refractivity contribution is 7.89. The molecular formula is C22H22F2N4O6S. The van der Waals surface area contributed by atoms with Gasteiger partial charge in [0.2, 0.25) is 15.9 Å². The zero-order chi connectivity index (χ0) is 25.8. The molecule has 0 aliphatic carbocycles. The van der Waals surface area contributed by atoms with Crippen molar-refractivity contribution in [2.45, 2.75) is 25.7 Å². The Bertz CT molecular complexity index is 1260. The first-order chi connectivity index (χ1) is 16.6. The number of aromatic nitrogens is 1. The Kier molecular flexibility index (Phi) is 7.98. The number of aliphatic hydroxyl groups is 1. The van der Waals surface area contributed by atoms with Crippen molar-refractivity contribution in [2.24, 2.45) is 5.92 Å². The summed E-state index contributed by atoms with van der Waals surface area (Å²) >= 11 is 0. The number of carbonyl (C=O) groups is 2. The molecule has 0 spiro atoms. The third kappa shape index (κ3) is 6.09. The molecule has 2 aromatic rings. The minimum Gasteiger partial charge on any atom is -0.462 e. The Labute approximate surface area is 200 Å². The van der Waals surface area contributed by atoms with Gasteiger partial charge in [-0.25, -0.2) is 27.0 Å². The molecule has 0 bridgehead atoms. The Morgan fingerprint density at radius 1 is 1.29 bits per heavy atom. The van der Waals surface area contributed by atoms with E-state index >= 15 is 0 Å². The molecule has 35 heavy (non-hydrogen) atoms. The topological polar surface area (TPSA) is 150 Å². The van der Waals surface area contributed by atoms with Gasteiger partial charge in [-0.1, -0.05) is 24.3 Å². The second kappa shape index (κ2) is 10.7. The van der Waals surface area contributed by atoms with Gasteiger partial charge in [-0.2, -0.15) is 5.26 Å². The fraction of sp³-hybridized carbons (Fsp3) is 0.364. The number of aliphatic hydroxyl groups excluding tert-OH is 1. The van der Waals surface area contributed by atoms with Crippen LogP contribution in [0, 0.1) is 17.2 Å². The van der Waals surface area contributed by atoms with Crippen molar-refractivity contribution in [1.82, 2.24) is 9.71 Å². The predicted molar refractivity (Wildman–Crippen MR) is 119 cm³/mol. The minimum absolute atomic E-state index is 0.0507. The molecule has 0 atom stereocenters. The van der Waals surface area contributed by atoms with E-state index in [0.29, 0.717) is 11.1 Å². The first-order valence-electron chi connectivity index (χ1n) is 10.5. The van der Waals surface area contributed by atoms with E-state index < -0.39 is 51.3 Å². The lowest BCUT2D eigenvalue weighted by atomic mass is 9.98. The summed E-state index contributed by atoms with van der Waals surface area (Å²) in [5.74, 6) is -3.17. The number of nitrogens with zero attached hydrogens (tertiary/aromatic N) is 3. The monoisotopic (exact) mass is 508 g/mol. The predicted octanol–water partition coefficient (Wildman–Crippen LogP) is 1.64. The fourth-order valence-corrected chi connectivity index (χ4v) is 4.61. The SMILES string of the molecule is CCOC(=O)c1cc(C#N)c(N2CC(C(=O)NS(=O)(=O)Cc3ccc(CO)cc3)C2)nc1C(F)F. The summed E-state index contributed by atoms with van der Waals surface area (Å²) < 4.78 is 58.5. The second-order valence-corrected chi connectivity index (χ2v) is 9.45. The summed E-state index contributed by atoms with van der Waals surface area (Å²) in [7, 11) is -4.01. The molecule has 2 heterocycles. The molecule has 1 saturated heterocycles. The second-order valence-electron chi connectivity index (χ2n) is 7.73. The number of hydrogen-bond donors (Lipinski definition) is 2. The van der Waals surface area contributed by atoms with Gasteiger partial charge in [0.1, 0.15) is 17.6 Å². The highest BCUT2D eigenvalue weighted by atomic mass is 32.2. The molecule has 10 nitrogen and oxygen atoms in total. The number of pyridine rings is 1. The number of ether oxygens (including phenoxy) is 1. The minimum atomic E-state index is -4.01. The Morgan fingerprint density at radius 2 is 1.91 bits per heavy atom. The van der Waals surface area contributed by atoms with E-state index in [9.17, 15) is 32.0 Å². The number of carbonyl (C=O) groups excluding carboxylic acids is 2. The summed E-state index contributed by atoms with van der Waals surface area (Å²) in [4.78, 5) is 29.6. The highest BCUT2D eigenvalue weighted by Gasteiger charge is 2.37. The van der Waals surface area contributed by atoms with Gasteiger partial charge >= 0.3 is 5.97 Å². The van der Waals surface area contributed by atoms with Crippen molar-refractivity contribution in [2.75, 3.05) is 24.6 Å². The smallest absolute Gasteiger partial charge is 0.340 e. The average Bonchev–Trinajstić information content (AvgIpc) is 2.77. The first kappa shape index (κ1) is 26.0. The largest absolute Gasteiger partial charge is 0.462 e. The molecule has 3 rings (SSSR count). The standard InChI is InChI=1S/C22H22F2N4O6S/c1-2-34-22(31)17-7-15(8-25)20(26-18(17)19(23)24)28-9-16(10-28)21(30)27-35(32,33)12-14-5-3-13(11-29)4-6-14/h3-7,16,19,29H,2,9-12H2,1H3,(H,27,30). The molecule has 0 saturated carbocycles. The number of sulfonamides is 1. The number of alkyl halides is 2. The molecule has 1 aromatic carbocycles. The first-order valence-corrected chi connectivity index (χ1v) is 12.1. The number of nitriles is 1. The van der Waals surface area contributed by atoms with Gasteiger partial charge in [-0.05, 0) is 24.1 Å². The van der Waals surface area contributed by atoms with E-state index in [1.54, 1.807) is 18.2 Å². The third-order valence-electron chi connectivity index (χ3n) is 5.22. The number of nitrogens with one attached hydrogen (secondary N) is 1. The van der Waals surface area contributed by atoms with E-state index in [0.717, 1.165) is 6.07 Å². The molecule has 1 aliphatic rings. The highest BCUT2D eigenvalue weighted by Crippen LogP contribution is 2.31. The maximum Gasteiger partial charge on any atom is 0.340 e. The fourth-order valence-electron chi connectivity index (χ4n) is 3.43. The van der Waals surface area contributed by atoms with Crippen LogP contribution < -0.4 is 9.62 Å². The van der Waals surface area contributed by atoms with Crippen LogP contribution in [0.15, 0.2) is 30.3 Å². The van der Waals surface area contributed by atoms with Crippen LogP contribution in [0.2, 0.25) is 0 Å². The zero-order valence-electron chi connectivity index (χ0n) is 18.6. The summed E-state index contributed by atoms with van der Waals surface area (Å²) in [6, 6.07) is 8.95. The maximum absolute atomic E-state index is 13.5. The lowest BCUT2D eigenvalue weighted by molar-refractivity contribution is -0.123. The van der Waals surface area contributed by atoms with Crippen molar-refractivity contribution in [3.05, 3.63) is 58.3 Å². The molecule has 0 unspecified atom stereocenters. The average molecular weight is 509 g/mol. The lowest BCUT2D eigenvalue weighted by Gasteiger charge is -2.39. The summed E-state index contributed by atoms with van der Waals surface area (Å²) in [5, 5.41) is 18.5. The molecule has 1 aromatic heterocycles. The molecule has 2 N–H and O–H groups in total. The molecule has 0 radical (unpaired) electrons. The number of anilines is 1. The molecular weight excluding hydrogens is 486 g/mol. The molecule has 186 valence electrons. The van der Waals surface area contributed by atoms with Crippen LogP contribution >= 0.6 is 0 Å². The van der Waals surface area contributed by atoms with Gasteiger partial charge < -0.3 is 14.7 Å². The van der Waals surface area contributed by atoms with Gasteiger partial charge in [0.05, 0.1) is 36.0 Å². The quantitative estimate of drug-likeness (QED) is 0.482. The summed E-state index contributed by atoms with van der Waals surface area (Å²) in [6.45, 7) is 1.15. The summed E-state index contributed by atoms with van der Waals surface area (Å²) in [5.41, 5.74) is -0.493. The van der Waals surface area contributed by atoms with E-state index in [1.165, 1.54) is 24.0 Å². The Morgan fingerprint density at radius 3 is 2.46 bits per heavy atom. The van der Waals surface area contributed by atoms with Gasteiger partial charge in [0.25, 0.3) is 6.43 Å². The maximum atomic E-state index is 13.5. The Balaban J connectivity index is 1.69. The van der Waals surface area contributed by atoms with Crippen LogP contribution in [0.25, 0.3) is 0 Å². The number of amides is 1. The molecule has 1 aliphatic heterocycles. The third-order valence-corrected chi connectivity index (χ3v) is 6.45. The van der Waals surface area contributed by atoms with Crippen LogP contribution in [0.4, 0.5) is 14.6 Å². The van der Waals surface area contributed by atoms with Crippen LogP contribution in [-0.2, 0) is 31.9 Å². The number of benzene rings is 1. The van der Waals surface area contributed by atoms with E-state index in [4.69, 9.17) is 9.84 Å². The summed E-state index contributed by atoms with van der Waals surface area (Å²) in [6.07, 6.45) is -3.11. The van der Waals surface area contributed by atoms with Crippen LogP contribution in [0.1, 0.15) is 46.1 Å². The lowest BCUT2D eigenvalue weighted by Crippen LogP contribution is -2.55. The van der Waals surface area contributed by atoms with Crippen molar-refractivity contribution < 1.29 is 36.6 Å². The molecule has 1 fully saturated rings. The molecule has 1 amide bonds. The number of halogens is 2. The van der Waals surface area contributed by atoms with E-state index in [1.807, 2.05) is 4.72 Å². The van der Waals surface area contributed by atoms with Crippen molar-refractivity contribution in [1.29, 1.82) is 5.26 Å². The van der Waals surface area contributed by atoms with Crippen molar-refractivity contribution >= 4 is 27.7 Å². The van der Waals surface area contributed by atoms with Crippen molar-refractivity contribution in [3.8, 4) is 6.07 Å². The molecule has 13 heteroatoms. The van der Waals surface area contributed by atoms with Gasteiger partial charge in [0, 0.05) is 13.1 Å². The van der Waals surface area contributed by atoms with Gasteiger partial charge in [-0.3, -0.25) is 9.52 Å².